The fourth-order valence-electron chi connectivity index (χ4n) is 3.61. The van der Waals surface area contributed by atoms with Gasteiger partial charge in [-0.2, -0.15) is 5.26 Å². The summed E-state index contributed by atoms with van der Waals surface area (Å²) in [6.07, 6.45) is 2.00. The Morgan fingerprint density at radius 3 is 2.44 bits per heavy atom. The maximum Gasteiger partial charge on any atom is 0.0979 e. The summed E-state index contributed by atoms with van der Waals surface area (Å²) in [5, 5.41) is 9.93. The van der Waals surface area contributed by atoms with E-state index in [1.807, 2.05) is 18.3 Å². The Bertz CT molecular complexity index is 1030. The Morgan fingerprint density at radius 1 is 1.00 bits per heavy atom. The molecule has 2 aromatic carbocycles. The normalized spacial score (nSPS) is 16.0. The van der Waals surface area contributed by atoms with Gasteiger partial charge in [-0.05, 0) is 43.2 Å². The van der Waals surface area contributed by atoms with Crippen molar-refractivity contribution in [3.8, 4) is 11.8 Å². The minimum Gasteiger partial charge on any atom is -0.396 e. The lowest BCUT2D eigenvalue weighted by Gasteiger charge is -2.20. The van der Waals surface area contributed by atoms with Gasteiger partial charge in [-0.1, -0.05) is 47.5 Å². The van der Waals surface area contributed by atoms with Crippen molar-refractivity contribution in [3.63, 3.8) is 0 Å². The van der Waals surface area contributed by atoms with Gasteiger partial charge < -0.3 is 10.3 Å². The highest BCUT2D eigenvalue weighted by Gasteiger charge is 2.29. The molecular weight excluding hydrogens is 306 g/mol. The molecule has 0 spiro atoms. The lowest BCUT2D eigenvalue weighted by molar-refractivity contribution is 0.955. The van der Waals surface area contributed by atoms with Gasteiger partial charge in [0.15, 0.2) is 0 Å². The zero-order chi connectivity index (χ0) is 17.6. The standard InChI is InChI=1S/C22H19N3/c1-14-5-8-16(9-6-14)21-17-12-15(2)7-10-19(17)25-11-3-4-20(25)22(24)18(21)13-23/h3-12,21H,24H2,1-2H3. The molecule has 3 aromatic rings. The maximum atomic E-state index is 9.93. The van der Waals surface area contributed by atoms with E-state index in [2.05, 4.69) is 66.9 Å². The maximum absolute atomic E-state index is 9.93. The van der Waals surface area contributed by atoms with Gasteiger partial charge in [0.05, 0.1) is 23.0 Å². The van der Waals surface area contributed by atoms with Crippen LogP contribution in [0, 0.1) is 25.2 Å². The van der Waals surface area contributed by atoms with Crippen LogP contribution in [0.3, 0.4) is 0 Å². The summed E-state index contributed by atoms with van der Waals surface area (Å²) < 4.78 is 2.08. The predicted octanol–water partition coefficient (Wildman–Crippen LogP) is 4.43. The van der Waals surface area contributed by atoms with Crippen LogP contribution in [0.4, 0.5) is 0 Å². The molecule has 0 amide bonds. The molecule has 0 fully saturated rings. The Balaban J connectivity index is 2.09. The molecule has 2 heterocycles. The molecule has 0 saturated carbocycles. The first-order valence-corrected chi connectivity index (χ1v) is 8.35. The van der Waals surface area contributed by atoms with E-state index in [0.717, 1.165) is 22.5 Å². The number of nitrogens with two attached hydrogens (primary N) is 1. The Morgan fingerprint density at radius 2 is 1.72 bits per heavy atom. The summed E-state index contributed by atoms with van der Waals surface area (Å²) in [6.45, 7) is 4.14. The van der Waals surface area contributed by atoms with Crippen LogP contribution in [0.1, 0.15) is 33.9 Å². The quantitative estimate of drug-likeness (QED) is 0.719. The third-order valence-corrected chi connectivity index (χ3v) is 4.89. The Labute approximate surface area is 147 Å². The van der Waals surface area contributed by atoms with E-state index in [9.17, 15) is 5.26 Å². The second kappa shape index (κ2) is 5.68. The fourth-order valence-corrected chi connectivity index (χ4v) is 3.61. The van der Waals surface area contributed by atoms with Crippen LogP contribution in [-0.2, 0) is 0 Å². The smallest absolute Gasteiger partial charge is 0.0979 e. The molecule has 0 radical (unpaired) electrons. The van der Waals surface area contributed by atoms with Crippen LogP contribution >= 0.6 is 0 Å². The van der Waals surface area contributed by atoms with Gasteiger partial charge in [0.25, 0.3) is 0 Å². The predicted molar refractivity (Wildman–Crippen MR) is 100 cm³/mol. The largest absolute Gasteiger partial charge is 0.396 e. The van der Waals surface area contributed by atoms with Crippen LogP contribution in [0.15, 0.2) is 66.4 Å². The molecule has 122 valence electrons. The monoisotopic (exact) mass is 325 g/mol. The van der Waals surface area contributed by atoms with Gasteiger partial charge in [0, 0.05) is 17.8 Å². The lowest BCUT2D eigenvalue weighted by atomic mass is 9.83. The minimum absolute atomic E-state index is 0.166. The molecule has 0 bridgehead atoms. The number of hydrogen-bond acceptors (Lipinski definition) is 2. The third kappa shape index (κ3) is 2.35. The summed E-state index contributed by atoms with van der Waals surface area (Å²) in [5.41, 5.74) is 14.1. The molecule has 1 aromatic heterocycles. The van der Waals surface area contributed by atoms with Crippen molar-refractivity contribution in [2.45, 2.75) is 19.8 Å². The number of benzene rings is 2. The van der Waals surface area contributed by atoms with Crippen molar-refractivity contribution in [2.75, 3.05) is 0 Å². The molecule has 25 heavy (non-hydrogen) atoms. The molecule has 2 N–H and O–H groups in total. The van der Waals surface area contributed by atoms with Gasteiger partial charge >= 0.3 is 0 Å². The first kappa shape index (κ1) is 15.3. The molecule has 3 heteroatoms. The van der Waals surface area contributed by atoms with Gasteiger partial charge in [-0.3, -0.25) is 0 Å². The van der Waals surface area contributed by atoms with E-state index < -0.39 is 0 Å². The van der Waals surface area contributed by atoms with Crippen LogP contribution in [0.2, 0.25) is 0 Å². The summed E-state index contributed by atoms with van der Waals surface area (Å²) >= 11 is 0. The fraction of sp³-hybridized carbons (Fsp3) is 0.136. The molecule has 0 aliphatic carbocycles. The number of allylic oxidation sites excluding steroid dienone is 1. The van der Waals surface area contributed by atoms with Gasteiger partial charge in [-0.25, -0.2) is 0 Å². The second-order valence-electron chi connectivity index (χ2n) is 6.61. The zero-order valence-electron chi connectivity index (χ0n) is 14.3. The summed E-state index contributed by atoms with van der Waals surface area (Å²) in [7, 11) is 0. The van der Waals surface area contributed by atoms with Crippen LogP contribution in [-0.4, -0.2) is 4.57 Å². The topological polar surface area (TPSA) is 54.7 Å². The Kier molecular flexibility index (Phi) is 3.47. The summed E-state index contributed by atoms with van der Waals surface area (Å²) in [6, 6.07) is 21.1. The van der Waals surface area contributed by atoms with E-state index in [0.29, 0.717) is 11.3 Å². The zero-order valence-corrected chi connectivity index (χ0v) is 14.3. The molecule has 4 rings (SSSR count). The van der Waals surface area contributed by atoms with Crippen molar-refractivity contribution in [3.05, 3.63) is 94.3 Å². The Hall–Kier alpha value is -3.25. The third-order valence-electron chi connectivity index (χ3n) is 4.89. The van der Waals surface area contributed by atoms with E-state index in [-0.39, 0.29) is 5.92 Å². The number of fused-ring (bicyclic) bond motifs is 3. The van der Waals surface area contributed by atoms with E-state index in [1.54, 1.807) is 0 Å². The van der Waals surface area contributed by atoms with Crippen LogP contribution in [0.25, 0.3) is 11.4 Å². The molecular formula is C22H19N3. The lowest BCUT2D eigenvalue weighted by Crippen LogP contribution is -2.09. The first-order chi connectivity index (χ1) is 12.1. The number of nitriles is 1. The van der Waals surface area contributed by atoms with Crippen molar-refractivity contribution in [1.82, 2.24) is 4.57 Å². The van der Waals surface area contributed by atoms with Crippen molar-refractivity contribution in [2.24, 2.45) is 5.73 Å². The highest BCUT2D eigenvalue weighted by atomic mass is 15.0. The van der Waals surface area contributed by atoms with Crippen molar-refractivity contribution >= 4 is 5.70 Å². The summed E-state index contributed by atoms with van der Waals surface area (Å²) in [4.78, 5) is 0. The van der Waals surface area contributed by atoms with E-state index in [1.165, 1.54) is 11.1 Å². The van der Waals surface area contributed by atoms with Gasteiger partial charge in [-0.15, -0.1) is 0 Å². The first-order valence-electron chi connectivity index (χ1n) is 8.35. The molecule has 3 nitrogen and oxygen atoms in total. The van der Waals surface area contributed by atoms with Gasteiger partial charge in [0.2, 0.25) is 0 Å². The number of rotatable bonds is 1. The second-order valence-corrected chi connectivity index (χ2v) is 6.61. The van der Waals surface area contributed by atoms with Crippen molar-refractivity contribution < 1.29 is 0 Å². The molecule has 1 atom stereocenters. The number of nitrogens with zero attached hydrogens (tertiary/aromatic N) is 2. The average molecular weight is 325 g/mol. The number of aromatic nitrogens is 1. The van der Waals surface area contributed by atoms with Crippen molar-refractivity contribution in [1.29, 1.82) is 5.26 Å². The highest BCUT2D eigenvalue weighted by molar-refractivity contribution is 5.76. The van der Waals surface area contributed by atoms with E-state index in [4.69, 9.17) is 5.73 Å². The number of aryl methyl sites for hydroxylation is 2. The minimum atomic E-state index is -0.166. The van der Waals surface area contributed by atoms with Crippen LogP contribution < -0.4 is 5.73 Å². The molecule has 0 saturated heterocycles. The van der Waals surface area contributed by atoms with E-state index >= 15 is 0 Å². The number of hydrogen-bond donors (Lipinski definition) is 1. The molecule has 1 aliphatic rings. The molecule has 1 aliphatic heterocycles. The van der Waals surface area contributed by atoms with Crippen LogP contribution in [0.5, 0.6) is 0 Å². The van der Waals surface area contributed by atoms with Gasteiger partial charge in [0.1, 0.15) is 0 Å². The SMILES string of the molecule is Cc1ccc(C2C(C#N)=C(N)c3cccn3-c3ccc(C)cc32)cc1. The summed E-state index contributed by atoms with van der Waals surface area (Å²) in [5.74, 6) is -0.166. The average Bonchev–Trinajstić information content (AvgIpc) is 3.06. The highest BCUT2D eigenvalue weighted by Crippen LogP contribution is 2.41. The molecule has 1 unspecified atom stereocenters.